The highest BCUT2D eigenvalue weighted by Gasteiger charge is 2.35. The maximum Gasteiger partial charge on any atom is 0.197 e. The maximum absolute atomic E-state index is 5.80. The van der Waals surface area contributed by atoms with Crippen LogP contribution in [-0.4, -0.2) is 36.8 Å². The molecule has 0 aliphatic carbocycles. The van der Waals surface area contributed by atoms with E-state index in [2.05, 4.69) is 9.27 Å². The molecular formula is C10H15N3O2S. The van der Waals surface area contributed by atoms with Crippen LogP contribution >= 0.6 is 11.5 Å². The fraction of sp³-hybridized carbons (Fsp3) is 0.700. The number of morpholine rings is 1. The van der Waals surface area contributed by atoms with Crippen LogP contribution in [0.4, 0.5) is 10.8 Å². The second kappa shape index (κ2) is 3.78. The van der Waals surface area contributed by atoms with Crippen molar-refractivity contribution in [3.8, 4) is 5.75 Å². The molecule has 0 saturated carbocycles. The Morgan fingerprint density at radius 1 is 1.44 bits per heavy atom. The Balaban J connectivity index is 1.86. The van der Waals surface area contributed by atoms with Gasteiger partial charge in [0.05, 0.1) is 19.3 Å². The number of hydrogen-bond acceptors (Lipinski definition) is 6. The molecule has 2 N–H and O–H groups in total. The summed E-state index contributed by atoms with van der Waals surface area (Å²) in [7, 11) is 1.64. The first-order valence-electron chi connectivity index (χ1n) is 5.47. The molecule has 2 aliphatic heterocycles. The van der Waals surface area contributed by atoms with Crippen LogP contribution in [0.5, 0.6) is 5.75 Å². The van der Waals surface area contributed by atoms with Gasteiger partial charge in [-0.05, 0) is 24.4 Å². The highest BCUT2D eigenvalue weighted by atomic mass is 32.1. The van der Waals surface area contributed by atoms with Gasteiger partial charge < -0.3 is 20.1 Å². The number of ether oxygens (including phenoxy) is 2. The molecule has 0 amide bonds. The smallest absolute Gasteiger partial charge is 0.197 e. The summed E-state index contributed by atoms with van der Waals surface area (Å²) in [5.74, 6) is 1.20. The Kier molecular flexibility index (Phi) is 2.40. The van der Waals surface area contributed by atoms with Crippen molar-refractivity contribution in [3.63, 3.8) is 0 Å². The minimum Gasteiger partial charge on any atom is -0.490 e. The number of methoxy groups -OCH3 is 1. The Bertz CT molecular complexity index is 383. The first-order chi connectivity index (χ1) is 7.78. The standard InChI is InChI=1S/C10H15N3O2S/c1-14-8-9(11)12-16-10(8)13-4-6-2-3-7(5-13)15-6/h6-7H,2-5H2,1H3,(H2,11,12). The van der Waals surface area contributed by atoms with Gasteiger partial charge in [-0.1, -0.05) is 0 Å². The zero-order valence-electron chi connectivity index (χ0n) is 9.18. The fourth-order valence-corrected chi connectivity index (χ4v) is 3.26. The first-order valence-corrected chi connectivity index (χ1v) is 6.25. The van der Waals surface area contributed by atoms with Gasteiger partial charge in [-0.15, -0.1) is 0 Å². The summed E-state index contributed by atoms with van der Waals surface area (Å²) in [6.45, 7) is 1.85. The van der Waals surface area contributed by atoms with Gasteiger partial charge in [0.15, 0.2) is 16.6 Å². The number of anilines is 2. The van der Waals surface area contributed by atoms with E-state index in [0.717, 1.165) is 30.9 Å². The molecule has 2 atom stereocenters. The molecule has 3 heterocycles. The summed E-state index contributed by atoms with van der Waals surface area (Å²) in [5.41, 5.74) is 5.76. The number of hydrogen-bond donors (Lipinski definition) is 1. The van der Waals surface area contributed by atoms with Gasteiger partial charge in [0.2, 0.25) is 0 Å². The third-order valence-electron chi connectivity index (χ3n) is 3.19. The fourth-order valence-electron chi connectivity index (χ4n) is 2.46. The molecular weight excluding hydrogens is 226 g/mol. The van der Waals surface area contributed by atoms with Crippen LogP contribution < -0.4 is 15.4 Å². The average Bonchev–Trinajstić information content (AvgIpc) is 2.82. The van der Waals surface area contributed by atoms with Crippen molar-refractivity contribution in [2.24, 2.45) is 0 Å². The average molecular weight is 241 g/mol. The van der Waals surface area contributed by atoms with Crippen molar-refractivity contribution in [2.45, 2.75) is 25.0 Å². The highest BCUT2D eigenvalue weighted by Crippen LogP contribution is 2.40. The minimum atomic E-state index is 0.367. The number of fused-ring (bicyclic) bond motifs is 2. The maximum atomic E-state index is 5.80. The van der Waals surface area contributed by atoms with E-state index >= 15 is 0 Å². The molecule has 2 fully saturated rings. The van der Waals surface area contributed by atoms with E-state index in [1.807, 2.05) is 0 Å². The van der Waals surface area contributed by atoms with E-state index in [9.17, 15) is 0 Å². The number of nitrogen functional groups attached to an aromatic ring is 1. The predicted octanol–water partition coefficient (Wildman–Crippen LogP) is 1.10. The summed E-state index contributed by atoms with van der Waals surface area (Å²) in [6, 6.07) is 0. The van der Waals surface area contributed by atoms with Gasteiger partial charge >= 0.3 is 0 Å². The third kappa shape index (κ3) is 1.53. The first kappa shape index (κ1) is 10.2. The molecule has 88 valence electrons. The molecule has 6 heteroatoms. The normalized spacial score (nSPS) is 28.4. The van der Waals surface area contributed by atoms with E-state index in [1.54, 1.807) is 7.11 Å². The lowest BCUT2D eigenvalue weighted by Gasteiger charge is -2.32. The molecule has 2 saturated heterocycles. The largest absolute Gasteiger partial charge is 0.490 e. The molecule has 16 heavy (non-hydrogen) atoms. The van der Waals surface area contributed by atoms with Crippen LogP contribution in [0, 0.1) is 0 Å². The van der Waals surface area contributed by atoms with Gasteiger partial charge in [0, 0.05) is 13.1 Å². The van der Waals surface area contributed by atoms with E-state index in [1.165, 1.54) is 11.5 Å². The number of nitrogens with two attached hydrogens (primary N) is 1. The SMILES string of the molecule is COc1c(N)nsc1N1CC2CCC(C1)O2. The van der Waals surface area contributed by atoms with Gasteiger partial charge in [-0.25, -0.2) is 0 Å². The minimum absolute atomic E-state index is 0.367. The Labute approximate surface area is 98.3 Å². The molecule has 3 rings (SSSR count). The Morgan fingerprint density at radius 3 is 2.75 bits per heavy atom. The lowest BCUT2D eigenvalue weighted by Crippen LogP contribution is -2.42. The number of aromatic nitrogens is 1. The summed E-state index contributed by atoms with van der Waals surface area (Å²) in [5, 5.41) is 1.04. The highest BCUT2D eigenvalue weighted by molar-refractivity contribution is 7.11. The summed E-state index contributed by atoms with van der Waals surface area (Å²) >= 11 is 1.41. The zero-order valence-corrected chi connectivity index (χ0v) is 10.00. The van der Waals surface area contributed by atoms with Crippen LogP contribution in [0.1, 0.15) is 12.8 Å². The molecule has 5 nitrogen and oxygen atoms in total. The van der Waals surface area contributed by atoms with Crippen LogP contribution in [0.25, 0.3) is 0 Å². The molecule has 0 aromatic carbocycles. The molecule has 1 aromatic heterocycles. The number of nitrogens with zero attached hydrogens (tertiary/aromatic N) is 2. The van der Waals surface area contributed by atoms with Crippen molar-refractivity contribution in [3.05, 3.63) is 0 Å². The molecule has 2 unspecified atom stereocenters. The van der Waals surface area contributed by atoms with Crippen molar-refractivity contribution in [1.29, 1.82) is 0 Å². The van der Waals surface area contributed by atoms with Crippen LogP contribution in [0.15, 0.2) is 0 Å². The molecule has 2 aliphatic rings. The monoisotopic (exact) mass is 241 g/mol. The molecule has 0 radical (unpaired) electrons. The molecule has 1 aromatic rings. The van der Waals surface area contributed by atoms with Gasteiger partial charge in [0.1, 0.15) is 0 Å². The molecule has 0 spiro atoms. The topological polar surface area (TPSA) is 60.6 Å². The third-order valence-corrected chi connectivity index (χ3v) is 4.10. The Hall–Kier alpha value is -1.01. The number of rotatable bonds is 2. The van der Waals surface area contributed by atoms with Crippen molar-refractivity contribution < 1.29 is 9.47 Å². The predicted molar refractivity (Wildman–Crippen MR) is 63.2 cm³/mol. The van der Waals surface area contributed by atoms with Crippen LogP contribution in [-0.2, 0) is 4.74 Å². The van der Waals surface area contributed by atoms with E-state index in [4.69, 9.17) is 15.2 Å². The van der Waals surface area contributed by atoms with Crippen molar-refractivity contribution >= 4 is 22.4 Å². The van der Waals surface area contributed by atoms with Crippen LogP contribution in [0.2, 0.25) is 0 Å². The second-order valence-electron chi connectivity index (χ2n) is 4.27. The van der Waals surface area contributed by atoms with Crippen molar-refractivity contribution in [1.82, 2.24) is 4.37 Å². The second-order valence-corrected chi connectivity index (χ2v) is 5.02. The quantitative estimate of drug-likeness (QED) is 0.840. The van der Waals surface area contributed by atoms with Crippen LogP contribution in [0.3, 0.4) is 0 Å². The lowest BCUT2D eigenvalue weighted by atomic mass is 10.2. The van der Waals surface area contributed by atoms with E-state index in [0.29, 0.717) is 23.8 Å². The summed E-state index contributed by atoms with van der Waals surface area (Å²) in [6.07, 6.45) is 3.06. The molecule has 2 bridgehead atoms. The lowest BCUT2D eigenvalue weighted by molar-refractivity contribution is 0.0306. The van der Waals surface area contributed by atoms with Gasteiger partial charge in [-0.3, -0.25) is 0 Å². The summed E-state index contributed by atoms with van der Waals surface area (Å²) < 4.78 is 15.2. The van der Waals surface area contributed by atoms with E-state index in [-0.39, 0.29) is 0 Å². The summed E-state index contributed by atoms with van der Waals surface area (Å²) in [4.78, 5) is 2.29. The van der Waals surface area contributed by atoms with Gasteiger partial charge in [-0.2, -0.15) is 4.37 Å². The van der Waals surface area contributed by atoms with E-state index < -0.39 is 0 Å². The Morgan fingerprint density at radius 2 is 2.12 bits per heavy atom. The van der Waals surface area contributed by atoms with Crippen molar-refractivity contribution in [2.75, 3.05) is 30.8 Å². The van der Waals surface area contributed by atoms with Gasteiger partial charge in [0.25, 0.3) is 0 Å². The zero-order chi connectivity index (χ0) is 11.1.